The number of carbonyl (C=O) groups excluding carboxylic acids is 1. The molecule has 2 aliphatic heterocycles. The predicted molar refractivity (Wildman–Crippen MR) is 55.9 cm³/mol. The van der Waals surface area contributed by atoms with Crippen molar-refractivity contribution in [2.24, 2.45) is 5.73 Å². The molecule has 0 radical (unpaired) electrons. The van der Waals surface area contributed by atoms with Gasteiger partial charge >= 0.3 is 0 Å². The maximum absolute atomic E-state index is 12.0. The van der Waals surface area contributed by atoms with Gasteiger partial charge in [-0.15, -0.1) is 0 Å². The third kappa shape index (κ3) is 2.70. The Morgan fingerprint density at radius 2 is 2.19 bits per heavy atom. The van der Waals surface area contributed by atoms with E-state index in [0.717, 1.165) is 0 Å². The summed E-state index contributed by atoms with van der Waals surface area (Å²) >= 11 is 0. The van der Waals surface area contributed by atoms with E-state index in [1.54, 1.807) is 4.90 Å². The summed E-state index contributed by atoms with van der Waals surface area (Å²) in [5.41, 5.74) is 5.53. The molecule has 92 valence electrons. The summed E-state index contributed by atoms with van der Waals surface area (Å²) in [4.78, 5) is 13.8. The van der Waals surface area contributed by atoms with Gasteiger partial charge in [0.15, 0.2) is 6.10 Å². The number of amides is 1. The van der Waals surface area contributed by atoms with E-state index in [0.29, 0.717) is 46.1 Å². The van der Waals surface area contributed by atoms with E-state index < -0.39 is 6.10 Å². The Labute approximate surface area is 94.6 Å². The first-order chi connectivity index (χ1) is 7.81. The van der Waals surface area contributed by atoms with Gasteiger partial charge in [-0.3, -0.25) is 4.79 Å². The number of hydrogen-bond acceptors (Lipinski definition) is 5. The van der Waals surface area contributed by atoms with Crippen LogP contribution in [0.15, 0.2) is 0 Å². The first-order valence-electron chi connectivity index (χ1n) is 5.61. The second kappa shape index (κ2) is 5.58. The van der Waals surface area contributed by atoms with Crippen molar-refractivity contribution in [1.29, 1.82) is 0 Å². The van der Waals surface area contributed by atoms with Crippen molar-refractivity contribution in [1.82, 2.24) is 4.90 Å². The van der Waals surface area contributed by atoms with Crippen LogP contribution in [0.4, 0.5) is 0 Å². The SMILES string of the molecule is NCC1CN(C(=O)C2COCCO2)CCO1. The van der Waals surface area contributed by atoms with Crippen LogP contribution in [0.5, 0.6) is 0 Å². The van der Waals surface area contributed by atoms with Crippen LogP contribution in [-0.2, 0) is 19.0 Å². The second-order valence-electron chi connectivity index (χ2n) is 3.95. The topological polar surface area (TPSA) is 74.0 Å². The number of hydrogen-bond donors (Lipinski definition) is 1. The molecule has 0 saturated carbocycles. The largest absolute Gasteiger partial charge is 0.376 e. The summed E-state index contributed by atoms with van der Waals surface area (Å²) in [6, 6.07) is 0. The minimum absolute atomic E-state index is 0.0125. The van der Waals surface area contributed by atoms with Gasteiger partial charge in [-0.2, -0.15) is 0 Å². The summed E-state index contributed by atoms with van der Waals surface area (Å²) in [7, 11) is 0. The Bertz CT molecular complexity index is 243. The molecular weight excluding hydrogens is 212 g/mol. The summed E-state index contributed by atoms with van der Waals surface area (Å²) in [5, 5.41) is 0. The minimum atomic E-state index is -0.453. The van der Waals surface area contributed by atoms with Gasteiger partial charge in [-0.1, -0.05) is 0 Å². The third-order valence-electron chi connectivity index (χ3n) is 2.80. The highest BCUT2D eigenvalue weighted by molar-refractivity contribution is 5.81. The Balaban J connectivity index is 1.87. The molecule has 0 bridgehead atoms. The molecule has 16 heavy (non-hydrogen) atoms. The highest BCUT2D eigenvalue weighted by Gasteiger charge is 2.30. The fraction of sp³-hybridized carbons (Fsp3) is 0.900. The van der Waals surface area contributed by atoms with E-state index in [1.807, 2.05) is 0 Å². The molecule has 0 aromatic carbocycles. The number of morpholine rings is 1. The van der Waals surface area contributed by atoms with Gasteiger partial charge in [-0.25, -0.2) is 0 Å². The van der Waals surface area contributed by atoms with Gasteiger partial charge in [0, 0.05) is 19.6 Å². The lowest BCUT2D eigenvalue weighted by molar-refractivity contribution is -0.163. The number of rotatable bonds is 2. The first kappa shape index (κ1) is 11.8. The van der Waals surface area contributed by atoms with Crippen LogP contribution in [-0.4, -0.2) is 69.1 Å². The lowest BCUT2D eigenvalue weighted by Crippen LogP contribution is -2.53. The van der Waals surface area contributed by atoms with Crippen molar-refractivity contribution in [2.75, 3.05) is 46.1 Å². The van der Waals surface area contributed by atoms with Crippen LogP contribution in [0, 0.1) is 0 Å². The first-order valence-corrected chi connectivity index (χ1v) is 5.61. The Morgan fingerprint density at radius 3 is 2.88 bits per heavy atom. The third-order valence-corrected chi connectivity index (χ3v) is 2.80. The van der Waals surface area contributed by atoms with Crippen LogP contribution in [0.3, 0.4) is 0 Å². The molecular formula is C10H18N2O4. The molecule has 2 rings (SSSR count). The molecule has 0 spiro atoms. The molecule has 2 unspecified atom stereocenters. The van der Waals surface area contributed by atoms with Gasteiger partial charge < -0.3 is 24.8 Å². The molecule has 2 atom stereocenters. The molecule has 2 N–H and O–H groups in total. The summed E-state index contributed by atoms with van der Waals surface area (Å²) in [6.45, 7) is 3.54. The van der Waals surface area contributed by atoms with Gasteiger partial charge in [0.05, 0.1) is 32.5 Å². The number of ether oxygens (including phenoxy) is 3. The quantitative estimate of drug-likeness (QED) is 0.631. The van der Waals surface area contributed by atoms with E-state index in [4.69, 9.17) is 19.9 Å². The van der Waals surface area contributed by atoms with Crippen LogP contribution in [0.25, 0.3) is 0 Å². The zero-order chi connectivity index (χ0) is 11.4. The van der Waals surface area contributed by atoms with Crippen LogP contribution >= 0.6 is 0 Å². The highest BCUT2D eigenvalue weighted by atomic mass is 16.6. The van der Waals surface area contributed by atoms with Gasteiger partial charge in [-0.05, 0) is 0 Å². The minimum Gasteiger partial charge on any atom is -0.376 e. The molecule has 6 nitrogen and oxygen atoms in total. The zero-order valence-corrected chi connectivity index (χ0v) is 9.26. The maximum atomic E-state index is 12.0. The highest BCUT2D eigenvalue weighted by Crippen LogP contribution is 2.10. The number of carbonyl (C=O) groups is 1. The number of nitrogens with zero attached hydrogens (tertiary/aromatic N) is 1. The second-order valence-corrected chi connectivity index (χ2v) is 3.95. The van der Waals surface area contributed by atoms with Crippen LogP contribution in [0.1, 0.15) is 0 Å². The lowest BCUT2D eigenvalue weighted by atomic mass is 10.2. The predicted octanol–water partition coefficient (Wildman–Crippen LogP) is -1.41. The average Bonchev–Trinajstić information content (AvgIpc) is 2.39. The van der Waals surface area contributed by atoms with Crippen LogP contribution in [0.2, 0.25) is 0 Å². The molecule has 6 heteroatoms. The fourth-order valence-corrected chi connectivity index (χ4v) is 1.90. The zero-order valence-electron chi connectivity index (χ0n) is 9.26. The summed E-state index contributed by atoms with van der Waals surface area (Å²) in [5.74, 6) is -0.0125. The lowest BCUT2D eigenvalue weighted by Gasteiger charge is -2.35. The summed E-state index contributed by atoms with van der Waals surface area (Å²) < 4.78 is 16.0. The van der Waals surface area contributed by atoms with Crippen molar-refractivity contribution in [2.45, 2.75) is 12.2 Å². The van der Waals surface area contributed by atoms with Gasteiger partial charge in [0.2, 0.25) is 0 Å². The van der Waals surface area contributed by atoms with Gasteiger partial charge in [0.1, 0.15) is 0 Å². The van der Waals surface area contributed by atoms with Crippen molar-refractivity contribution in [3.05, 3.63) is 0 Å². The molecule has 2 fully saturated rings. The molecule has 0 aromatic rings. The monoisotopic (exact) mass is 230 g/mol. The van der Waals surface area contributed by atoms with Crippen LogP contribution < -0.4 is 5.73 Å². The van der Waals surface area contributed by atoms with E-state index in [-0.39, 0.29) is 12.0 Å². The Morgan fingerprint density at radius 1 is 1.31 bits per heavy atom. The molecule has 2 aliphatic rings. The van der Waals surface area contributed by atoms with E-state index in [2.05, 4.69) is 0 Å². The van der Waals surface area contributed by atoms with E-state index in [9.17, 15) is 4.79 Å². The van der Waals surface area contributed by atoms with E-state index in [1.165, 1.54) is 0 Å². The standard InChI is InChI=1S/C10H18N2O4/c11-5-8-6-12(1-2-15-8)10(13)9-7-14-3-4-16-9/h8-9H,1-7,11H2. The van der Waals surface area contributed by atoms with Crippen molar-refractivity contribution >= 4 is 5.91 Å². The number of nitrogens with two attached hydrogens (primary N) is 1. The molecule has 0 aliphatic carbocycles. The smallest absolute Gasteiger partial charge is 0.254 e. The molecule has 2 saturated heterocycles. The Hall–Kier alpha value is -0.690. The van der Waals surface area contributed by atoms with E-state index >= 15 is 0 Å². The van der Waals surface area contributed by atoms with Crippen molar-refractivity contribution in [3.63, 3.8) is 0 Å². The normalized spacial score (nSPS) is 31.4. The fourth-order valence-electron chi connectivity index (χ4n) is 1.90. The van der Waals surface area contributed by atoms with Crippen molar-refractivity contribution < 1.29 is 19.0 Å². The average molecular weight is 230 g/mol. The van der Waals surface area contributed by atoms with Gasteiger partial charge in [0.25, 0.3) is 5.91 Å². The molecule has 1 amide bonds. The Kier molecular flexibility index (Phi) is 4.11. The summed E-state index contributed by atoms with van der Waals surface area (Å²) in [6.07, 6.45) is -0.507. The molecule has 0 aromatic heterocycles. The molecule has 2 heterocycles. The van der Waals surface area contributed by atoms with Crippen molar-refractivity contribution in [3.8, 4) is 0 Å². The maximum Gasteiger partial charge on any atom is 0.254 e.